The van der Waals surface area contributed by atoms with Crippen molar-refractivity contribution in [3.63, 3.8) is 0 Å². The molecule has 5 amide bonds. The smallest absolute Gasteiger partial charge is 0.264 e. The first-order valence-corrected chi connectivity index (χ1v) is 22.4. The quantitative estimate of drug-likeness (QED) is 0.0989. The predicted molar refractivity (Wildman–Crippen MR) is 240 cm³/mol. The number of nitrogens with zero attached hydrogens (tertiary/aromatic N) is 7. The number of anilines is 4. The van der Waals surface area contributed by atoms with Crippen molar-refractivity contribution in [3.8, 4) is 22.8 Å². The highest BCUT2D eigenvalue weighted by Gasteiger charge is 2.46. The van der Waals surface area contributed by atoms with E-state index in [2.05, 4.69) is 53.7 Å². The van der Waals surface area contributed by atoms with Crippen LogP contribution in [0.25, 0.3) is 11.3 Å². The van der Waals surface area contributed by atoms with Crippen molar-refractivity contribution in [1.82, 2.24) is 30.2 Å². The molecule has 0 aliphatic carbocycles. The number of nitrogens with one attached hydrogen (secondary N) is 2. The van der Waals surface area contributed by atoms with Gasteiger partial charge < -0.3 is 35.6 Å². The SMILES string of the molecule is Nc1nnc(-c2ccccc2O)cc1N1CC2CCC(C1)N2c1cccc(OCCN2CCN(C(=O)CCCCCNc3cccc4c3C(=O)N(C3CCC(=O)NC3=O)C4=O)CC2)c1. The zero-order chi connectivity index (χ0) is 44.3. The number of fused-ring (bicyclic) bond motifs is 3. The molecule has 0 saturated carbocycles. The van der Waals surface area contributed by atoms with Gasteiger partial charge in [-0.2, -0.15) is 0 Å². The van der Waals surface area contributed by atoms with Crippen LogP contribution in [0.3, 0.4) is 0 Å². The van der Waals surface area contributed by atoms with Crippen LogP contribution in [0.1, 0.15) is 72.1 Å². The molecule has 17 nitrogen and oxygen atoms in total. The lowest BCUT2D eigenvalue weighted by Gasteiger charge is -2.43. The lowest BCUT2D eigenvalue weighted by molar-refractivity contribution is -0.136. The van der Waals surface area contributed by atoms with Gasteiger partial charge in [0.15, 0.2) is 5.82 Å². The number of rotatable bonds is 15. The molecule has 17 heteroatoms. The second-order valence-corrected chi connectivity index (χ2v) is 17.2. The van der Waals surface area contributed by atoms with Crippen molar-refractivity contribution < 1.29 is 33.8 Å². The number of carbonyl (C=O) groups is 5. The molecule has 4 aromatic rings. The van der Waals surface area contributed by atoms with Crippen LogP contribution in [0.4, 0.5) is 22.9 Å². The molecule has 5 N–H and O–H groups in total. The van der Waals surface area contributed by atoms with Crippen molar-refractivity contribution in [1.29, 1.82) is 0 Å². The molecule has 9 rings (SSSR count). The van der Waals surface area contributed by atoms with Gasteiger partial charge in [0.1, 0.15) is 24.1 Å². The van der Waals surface area contributed by atoms with E-state index in [-0.39, 0.29) is 35.6 Å². The van der Waals surface area contributed by atoms with Crippen LogP contribution in [-0.2, 0) is 14.4 Å². The topological polar surface area (TPSA) is 207 Å². The molecule has 1 aromatic heterocycles. The second kappa shape index (κ2) is 18.5. The van der Waals surface area contributed by atoms with Crippen molar-refractivity contribution in [2.75, 3.05) is 79.8 Å². The number of piperazine rings is 2. The average molecular weight is 871 g/mol. The maximum absolute atomic E-state index is 13.4. The third kappa shape index (κ3) is 8.76. The monoisotopic (exact) mass is 870 g/mol. The third-order valence-corrected chi connectivity index (χ3v) is 13.2. The van der Waals surface area contributed by atoms with E-state index >= 15 is 0 Å². The van der Waals surface area contributed by atoms with Crippen LogP contribution >= 0.6 is 0 Å². The lowest BCUT2D eigenvalue weighted by Crippen LogP contribution is -2.54. The summed E-state index contributed by atoms with van der Waals surface area (Å²) in [4.78, 5) is 73.7. The summed E-state index contributed by atoms with van der Waals surface area (Å²) in [5.41, 5.74) is 10.6. The second-order valence-electron chi connectivity index (χ2n) is 17.2. The van der Waals surface area contributed by atoms with Crippen molar-refractivity contribution in [2.45, 2.75) is 69.5 Å². The van der Waals surface area contributed by atoms with Gasteiger partial charge in [0.05, 0.1) is 22.5 Å². The minimum Gasteiger partial charge on any atom is -0.507 e. The molecular formula is C47H54N10O7. The fourth-order valence-electron chi connectivity index (χ4n) is 9.86. The summed E-state index contributed by atoms with van der Waals surface area (Å²) in [6.07, 6.45) is 5.14. The van der Waals surface area contributed by atoms with E-state index in [1.165, 1.54) is 0 Å². The van der Waals surface area contributed by atoms with Crippen LogP contribution in [0.5, 0.6) is 11.5 Å². The van der Waals surface area contributed by atoms with E-state index in [1.807, 2.05) is 29.2 Å². The number of nitrogen functional groups attached to an aromatic ring is 1. The Balaban J connectivity index is 0.679. The number of nitrogens with two attached hydrogens (primary N) is 1. The highest BCUT2D eigenvalue weighted by molar-refractivity contribution is 6.25. The van der Waals surface area contributed by atoms with Gasteiger partial charge in [-0.15, -0.1) is 10.2 Å². The molecule has 3 atom stereocenters. The number of benzene rings is 3. The van der Waals surface area contributed by atoms with Gasteiger partial charge in [0, 0.05) is 100 Å². The highest BCUT2D eigenvalue weighted by atomic mass is 16.5. The summed E-state index contributed by atoms with van der Waals surface area (Å²) in [6, 6.07) is 22.0. The molecule has 64 heavy (non-hydrogen) atoms. The number of imide groups is 2. The normalized spacial score (nSPS) is 21.0. The summed E-state index contributed by atoms with van der Waals surface area (Å²) in [6.45, 7) is 6.43. The van der Waals surface area contributed by atoms with E-state index in [9.17, 15) is 29.1 Å². The number of hydrogen-bond donors (Lipinski definition) is 4. The van der Waals surface area contributed by atoms with Crippen LogP contribution < -0.4 is 30.9 Å². The summed E-state index contributed by atoms with van der Waals surface area (Å²) in [5, 5.41) is 24.4. The highest BCUT2D eigenvalue weighted by Crippen LogP contribution is 2.40. The molecule has 5 aliphatic rings. The van der Waals surface area contributed by atoms with Crippen LogP contribution in [0.2, 0.25) is 0 Å². The fourth-order valence-corrected chi connectivity index (χ4v) is 9.86. The third-order valence-electron chi connectivity index (χ3n) is 13.2. The number of aromatic nitrogens is 2. The Morgan fingerprint density at radius 3 is 2.39 bits per heavy atom. The molecule has 0 radical (unpaired) electrons. The molecule has 334 valence electrons. The van der Waals surface area contributed by atoms with E-state index < -0.39 is 29.7 Å². The molecular weight excluding hydrogens is 817 g/mol. The van der Waals surface area contributed by atoms with Gasteiger partial charge in [0.2, 0.25) is 17.7 Å². The maximum atomic E-state index is 13.4. The summed E-state index contributed by atoms with van der Waals surface area (Å²) in [7, 11) is 0. The predicted octanol–water partition coefficient (Wildman–Crippen LogP) is 3.89. The Bertz CT molecular complexity index is 2430. The number of phenolic OH excluding ortho intramolecular Hbond substituents is 1. The minimum absolute atomic E-state index is 0.0685. The fraction of sp³-hybridized carbons (Fsp3) is 0.426. The number of carbonyl (C=O) groups excluding carboxylic acids is 5. The zero-order valence-corrected chi connectivity index (χ0v) is 35.8. The molecule has 3 aromatic carbocycles. The standard InChI is InChI=1S/C47H54N10O7/c48-44-39(27-37(51-52-44)34-10-3-4-13-40(34)58)55-28-31-15-16-32(29-55)56(31)30-8-6-9-33(26-30)64-25-24-53-20-22-54(23-21-53)42(60)14-2-1-5-19-49-36-12-7-11-35-43(36)47(63)57(46(35)62)38-17-18-41(59)50-45(38)61/h3-4,6-13,26-27,31-32,38,49,58H,1-2,5,14-25,28-29H2,(H2,48,52)(H,50,59,61). The van der Waals surface area contributed by atoms with E-state index in [0.717, 1.165) is 86.9 Å². The number of piperidine rings is 1. The Morgan fingerprint density at radius 2 is 1.61 bits per heavy atom. The zero-order valence-electron chi connectivity index (χ0n) is 35.8. The van der Waals surface area contributed by atoms with Crippen LogP contribution in [0.15, 0.2) is 72.8 Å². The summed E-state index contributed by atoms with van der Waals surface area (Å²) >= 11 is 0. The van der Waals surface area contributed by atoms with Crippen LogP contribution in [-0.4, -0.2) is 137 Å². The lowest BCUT2D eigenvalue weighted by atomic mass is 10.0. The number of para-hydroxylation sites is 1. The minimum atomic E-state index is -1.01. The molecule has 5 aliphatic heterocycles. The number of amides is 5. The number of aromatic hydroxyl groups is 1. The Morgan fingerprint density at radius 1 is 0.844 bits per heavy atom. The maximum Gasteiger partial charge on any atom is 0.264 e. The van der Waals surface area contributed by atoms with Crippen LogP contribution in [0, 0.1) is 0 Å². The van der Waals surface area contributed by atoms with Gasteiger partial charge >= 0.3 is 0 Å². The molecule has 4 saturated heterocycles. The first-order chi connectivity index (χ1) is 31.1. The summed E-state index contributed by atoms with van der Waals surface area (Å²) in [5.74, 6) is -0.579. The largest absolute Gasteiger partial charge is 0.507 e. The first-order valence-electron chi connectivity index (χ1n) is 22.4. The number of phenols is 1. The van der Waals surface area contributed by atoms with Gasteiger partial charge in [-0.25, -0.2) is 0 Å². The van der Waals surface area contributed by atoms with Crippen molar-refractivity contribution in [2.24, 2.45) is 0 Å². The summed E-state index contributed by atoms with van der Waals surface area (Å²) < 4.78 is 6.28. The number of ether oxygens (including phenoxy) is 1. The van der Waals surface area contributed by atoms with Gasteiger partial charge in [-0.3, -0.25) is 39.1 Å². The number of unbranched alkanes of at least 4 members (excludes halogenated alkanes) is 2. The Labute approximate surface area is 371 Å². The molecule has 0 spiro atoms. The molecule has 4 fully saturated rings. The molecule has 2 bridgehead atoms. The van der Waals surface area contributed by atoms with Gasteiger partial charge in [-0.05, 0) is 74.6 Å². The van der Waals surface area contributed by atoms with Gasteiger partial charge in [-0.1, -0.05) is 30.7 Å². The van der Waals surface area contributed by atoms with Crippen molar-refractivity contribution in [3.05, 3.63) is 83.9 Å². The van der Waals surface area contributed by atoms with E-state index in [4.69, 9.17) is 10.5 Å². The average Bonchev–Trinajstić information content (AvgIpc) is 3.72. The Hall–Kier alpha value is -6.75. The van der Waals surface area contributed by atoms with E-state index in [0.29, 0.717) is 67.5 Å². The van der Waals surface area contributed by atoms with Crippen molar-refractivity contribution >= 4 is 52.4 Å². The van der Waals surface area contributed by atoms with E-state index in [1.54, 1.807) is 30.3 Å². The van der Waals surface area contributed by atoms with Gasteiger partial charge in [0.25, 0.3) is 11.8 Å². The number of hydrogen-bond acceptors (Lipinski definition) is 14. The Kier molecular flexibility index (Phi) is 12.3. The molecule has 6 heterocycles. The molecule has 3 unspecified atom stereocenters. The first kappa shape index (κ1) is 42.5.